The number of carbonyl (C=O) groups excluding carboxylic acids is 1. The Morgan fingerprint density at radius 3 is 2.19 bits per heavy atom. The van der Waals surface area contributed by atoms with Crippen LogP contribution in [0.3, 0.4) is 0 Å². The van der Waals surface area contributed by atoms with Crippen molar-refractivity contribution in [1.82, 2.24) is 0 Å². The average Bonchev–Trinajstić information content (AvgIpc) is 3.07. The molecular formula is C34H60O3. The van der Waals surface area contributed by atoms with Crippen molar-refractivity contribution < 1.29 is 14.3 Å². The van der Waals surface area contributed by atoms with Crippen molar-refractivity contribution in [1.29, 1.82) is 0 Å². The van der Waals surface area contributed by atoms with Gasteiger partial charge in [-0.25, -0.2) is 4.79 Å². The summed E-state index contributed by atoms with van der Waals surface area (Å²) < 4.78 is 11.0. The van der Waals surface area contributed by atoms with E-state index in [0.29, 0.717) is 10.8 Å². The minimum absolute atomic E-state index is 0.116. The molecule has 3 saturated carbocycles. The maximum absolute atomic E-state index is 12.1. The van der Waals surface area contributed by atoms with E-state index in [0.717, 1.165) is 48.3 Å². The molecule has 0 aromatic carbocycles. The van der Waals surface area contributed by atoms with Crippen molar-refractivity contribution >= 4 is 6.16 Å². The molecule has 0 amide bonds. The predicted octanol–water partition coefficient (Wildman–Crippen LogP) is 10.4. The molecule has 37 heavy (non-hydrogen) atoms. The van der Waals surface area contributed by atoms with Crippen LogP contribution in [-0.4, -0.2) is 17.9 Å². The van der Waals surface area contributed by atoms with Gasteiger partial charge in [-0.1, -0.05) is 73.3 Å². The zero-order valence-corrected chi connectivity index (χ0v) is 26.1. The Morgan fingerprint density at radius 1 is 0.946 bits per heavy atom. The van der Waals surface area contributed by atoms with Gasteiger partial charge in [-0.2, -0.15) is 0 Å². The normalized spacial score (nSPS) is 37.1. The standard InChI is InChI=1S/C25H40O3.C9H20/c1-16-7-10-20-19-9-8-17-15-18(27-22(26)28-23(2,3)4)11-13-25(17,6)21(19)12-14-24(16,20)5;1-8(2)6-5-7-9(3)4/h15-16,18-21H,7-14H2,1-6H3;8-9H,5-7H2,1-4H3. The van der Waals surface area contributed by atoms with Crippen LogP contribution >= 0.6 is 0 Å². The van der Waals surface area contributed by atoms with Crippen LogP contribution in [0.2, 0.25) is 0 Å². The van der Waals surface area contributed by atoms with Crippen LogP contribution in [0.25, 0.3) is 0 Å². The summed E-state index contributed by atoms with van der Waals surface area (Å²) in [5, 5.41) is 0. The van der Waals surface area contributed by atoms with Gasteiger partial charge >= 0.3 is 6.16 Å². The lowest BCUT2D eigenvalue weighted by molar-refractivity contribution is -0.0589. The van der Waals surface area contributed by atoms with E-state index in [4.69, 9.17) is 9.47 Å². The summed E-state index contributed by atoms with van der Waals surface area (Å²) in [5.74, 6) is 5.32. The van der Waals surface area contributed by atoms with E-state index in [2.05, 4.69) is 54.5 Å². The summed E-state index contributed by atoms with van der Waals surface area (Å²) >= 11 is 0. The fourth-order valence-corrected chi connectivity index (χ4v) is 8.38. The van der Waals surface area contributed by atoms with E-state index in [9.17, 15) is 4.79 Å². The van der Waals surface area contributed by atoms with Gasteiger partial charge in [0.2, 0.25) is 0 Å². The monoisotopic (exact) mass is 516 g/mol. The molecule has 0 spiro atoms. The summed E-state index contributed by atoms with van der Waals surface area (Å²) in [6, 6.07) is 0. The van der Waals surface area contributed by atoms with Crippen molar-refractivity contribution in [3.63, 3.8) is 0 Å². The maximum Gasteiger partial charge on any atom is 0.509 e. The van der Waals surface area contributed by atoms with Gasteiger partial charge in [-0.05, 0) is 125 Å². The summed E-state index contributed by atoms with van der Waals surface area (Å²) in [5.41, 5.74) is 1.95. The molecule has 0 aromatic rings. The predicted molar refractivity (Wildman–Crippen MR) is 156 cm³/mol. The summed E-state index contributed by atoms with van der Waals surface area (Å²) in [6.45, 7) is 22.4. The highest BCUT2D eigenvalue weighted by Crippen LogP contribution is 2.66. The van der Waals surface area contributed by atoms with Gasteiger partial charge in [0.25, 0.3) is 0 Å². The van der Waals surface area contributed by atoms with Gasteiger partial charge in [-0.15, -0.1) is 0 Å². The van der Waals surface area contributed by atoms with Gasteiger partial charge in [-0.3, -0.25) is 0 Å². The number of allylic oxidation sites excluding steroid dienone is 1. The molecule has 3 fully saturated rings. The van der Waals surface area contributed by atoms with E-state index in [1.54, 1.807) is 5.57 Å². The van der Waals surface area contributed by atoms with Crippen molar-refractivity contribution in [2.75, 3.05) is 0 Å². The first-order valence-electron chi connectivity index (χ1n) is 15.8. The number of hydrogen-bond donors (Lipinski definition) is 0. The smallest absolute Gasteiger partial charge is 0.429 e. The van der Waals surface area contributed by atoms with E-state index < -0.39 is 11.8 Å². The molecule has 214 valence electrons. The van der Waals surface area contributed by atoms with Crippen LogP contribution in [0, 0.1) is 46.3 Å². The largest absolute Gasteiger partial charge is 0.509 e. The third-order valence-electron chi connectivity index (χ3n) is 10.7. The molecular weight excluding hydrogens is 456 g/mol. The molecule has 0 N–H and O–H groups in total. The van der Waals surface area contributed by atoms with Crippen molar-refractivity contribution in [2.24, 2.45) is 46.3 Å². The highest BCUT2D eigenvalue weighted by molar-refractivity contribution is 5.61. The second-order valence-electron chi connectivity index (χ2n) is 15.4. The molecule has 3 nitrogen and oxygen atoms in total. The highest BCUT2D eigenvalue weighted by atomic mass is 16.7. The van der Waals surface area contributed by atoms with E-state index in [1.165, 1.54) is 57.8 Å². The van der Waals surface area contributed by atoms with Gasteiger partial charge in [0.1, 0.15) is 11.7 Å². The number of fused-ring (bicyclic) bond motifs is 5. The molecule has 4 aliphatic carbocycles. The van der Waals surface area contributed by atoms with Crippen LogP contribution in [0.1, 0.15) is 140 Å². The zero-order valence-electron chi connectivity index (χ0n) is 26.1. The zero-order chi connectivity index (χ0) is 27.6. The van der Waals surface area contributed by atoms with Crippen molar-refractivity contribution in [3.05, 3.63) is 11.6 Å². The minimum atomic E-state index is -0.528. The second-order valence-corrected chi connectivity index (χ2v) is 15.4. The number of rotatable bonds is 5. The van der Waals surface area contributed by atoms with Crippen LogP contribution in [0.5, 0.6) is 0 Å². The van der Waals surface area contributed by atoms with E-state index in [1.807, 2.05) is 20.8 Å². The Morgan fingerprint density at radius 2 is 1.59 bits per heavy atom. The van der Waals surface area contributed by atoms with Gasteiger partial charge in [0.05, 0.1) is 0 Å². The maximum atomic E-state index is 12.1. The first-order chi connectivity index (χ1) is 17.2. The van der Waals surface area contributed by atoms with E-state index in [-0.39, 0.29) is 6.10 Å². The number of carbonyl (C=O) groups is 1. The lowest BCUT2D eigenvalue weighted by Crippen LogP contribution is -2.50. The Balaban J connectivity index is 0.000000364. The van der Waals surface area contributed by atoms with Gasteiger partial charge in [0, 0.05) is 0 Å². The SMILES string of the molecule is CC(C)CCCC(C)C.CC1CCC2C3CCC4=CC(OC(=O)OC(C)(C)C)CCC4(C)C3CCC12C. The Kier molecular flexibility index (Phi) is 9.94. The summed E-state index contributed by atoms with van der Waals surface area (Å²) in [7, 11) is 0. The quantitative estimate of drug-likeness (QED) is 0.269. The van der Waals surface area contributed by atoms with Crippen LogP contribution in [-0.2, 0) is 9.47 Å². The third-order valence-corrected chi connectivity index (χ3v) is 10.7. The Bertz CT molecular complexity index is 781. The highest BCUT2D eigenvalue weighted by Gasteiger charge is 2.58. The molecule has 0 saturated heterocycles. The lowest BCUT2D eigenvalue weighted by atomic mass is 9.47. The first kappa shape index (κ1) is 30.6. The Hall–Kier alpha value is -0.990. The minimum Gasteiger partial charge on any atom is -0.429 e. The topological polar surface area (TPSA) is 35.5 Å². The molecule has 0 radical (unpaired) electrons. The molecule has 4 rings (SSSR count). The lowest BCUT2D eigenvalue weighted by Gasteiger charge is -2.58. The number of hydrogen-bond acceptors (Lipinski definition) is 3. The molecule has 4 aliphatic rings. The van der Waals surface area contributed by atoms with Crippen LogP contribution in [0.4, 0.5) is 4.79 Å². The molecule has 7 atom stereocenters. The van der Waals surface area contributed by atoms with Crippen molar-refractivity contribution in [3.8, 4) is 0 Å². The molecule has 0 bridgehead atoms. The first-order valence-corrected chi connectivity index (χ1v) is 15.8. The molecule has 7 unspecified atom stereocenters. The molecule has 3 heteroatoms. The third kappa shape index (κ3) is 7.36. The van der Waals surface area contributed by atoms with Gasteiger partial charge in [0.15, 0.2) is 0 Å². The summed E-state index contributed by atoms with van der Waals surface area (Å²) in [6.07, 6.45) is 16.1. The number of ether oxygens (including phenoxy) is 2. The fourth-order valence-electron chi connectivity index (χ4n) is 8.38. The molecule has 0 aromatic heterocycles. The van der Waals surface area contributed by atoms with Crippen LogP contribution < -0.4 is 0 Å². The van der Waals surface area contributed by atoms with Crippen LogP contribution in [0.15, 0.2) is 11.6 Å². The fraction of sp³-hybridized carbons (Fsp3) is 0.912. The second kappa shape index (κ2) is 12.0. The Labute approximate surface area is 229 Å². The van der Waals surface area contributed by atoms with Crippen molar-refractivity contribution in [2.45, 2.75) is 152 Å². The van der Waals surface area contributed by atoms with Gasteiger partial charge < -0.3 is 9.47 Å². The average molecular weight is 517 g/mol. The molecule has 0 aliphatic heterocycles. The van der Waals surface area contributed by atoms with E-state index >= 15 is 0 Å². The molecule has 0 heterocycles. The summed E-state index contributed by atoms with van der Waals surface area (Å²) in [4.78, 5) is 12.1.